The van der Waals surface area contributed by atoms with Gasteiger partial charge in [-0.05, 0) is 30.5 Å². The third-order valence-corrected chi connectivity index (χ3v) is 5.14. The molecule has 2 atom stereocenters. The number of aromatic nitrogens is 4. The number of aliphatic hydroxyl groups excluding tert-OH is 1. The van der Waals surface area contributed by atoms with Crippen molar-refractivity contribution < 1.29 is 19.4 Å². The Morgan fingerprint density at radius 1 is 1.41 bits per heavy atom. The fourth-order valence-corrected chi connectivity index (χ4v) is 3.74. The highest BCUT2D eigenvalue weighted by Crippen LogP contribution is 2.37. The standard InChI is InChI=1S/C18H18FN5O3/c19-12-3-1-2-11(6-12)7-18(17(26)27)9-24(5-4-14(18)25)16-13-8-22-23-15(13)20-10-21-16/h1-3,6,8,10,14,25H,4-5,7,9H2,(H,26,27)(H,20,21,22,23)/t14-,18-/m1/s1. The van der Waals surface area contributed by atoms with Crippen molar-refractivity contribution in [3.8, 4) is 0 Å². The lowest BCUT2D eigenvalue weighted by Crippen LogP contribution is -2.57. The van der Waals surface area contributed by atoms with Gasteiger partial charge in [0.05, 0.1) is 17.7 Å². The molecule has 2 aromatic heterocycles. The monoisotopic (exact) mass is 371 g/mol. The number of benzene rings is 1. The van der Waals surface area contributed by atoms with Gasteiger partial charge in [0.25, 0.3) is 0 Å². The molecule has 0 amide bonds. The summed E-state index contributed by atoms with van der Waals surface area (Å²) in [5.74, 6) is -1.00. The molecular weight excluding hydrogens is 353 g/mol. The van der Waals surface area contributed by atoms with E-state index in [9.17, 15) is 19.4 Å². The molecule has 1 aliphatic heterocycles. The summed E-state index contributed by atoms with van der Waals surface area (Å²) in [6.45, 7) is 0.480. The van der Waals surface area contributed by atoms with Crippen LogP contribution in [0.2, 0.25) is 0 Å². The van der Waals surface area contributed by atoms with Crippen molar-refractivity contribution in [2.45, 2.75) is 18.9 Å². The molecule has 0 bridgehead atoms. The summed E-state index contributed by atoms with van der Waals surface area (Å²) in [7, 11) is 0. The third-order valence-electron chi connectivity index (χ3n) is 5.14. The van der Waals surface area contributed by atoms with Gasteiger partial charge in [0.2, 0.25) is 0 Å². The number of aliphatic hydroxyl groups is 1. The first kappa shape index (κ1) is 17.3. The van der Waals surface area contributed by atoms with Crippen LogP contribution in [0.3, 0.4) is 0 Å². The molecule has 3 aromatic rings. The van der Waals surface area contributed by atoms with Gasteiger partial charge in [-0.25, -0.2) is 14.4 Å². The van der Waals surface area contributed by atoms with Crippen LogP contribution in [0.1, 0.15) is 12.0 Å². The lowest BCUT2D eigenvalue weighted by Gasteiger charge is -2.44. The lowest BCUT2D eigenvalue weighted by atomic mass is 9.73. The van der Waals surface area contributed by atoms with Crippen LogP contribution in [0.4, 0.5) is 10.2 Å². The predicted molar refractivity (Wildman–Crippen MR) is 94.7 cm³/mol. The fraction of sp³-hybridized carbons (Fsp3) is 0.333. The predicted octanol–water partition coefficient (Wildman–Crippen LogP) is 1.38. The van der Waals surface area contributed by atoms with Crippen molar-refractivity contribution in [3.63, 3.8) is 0 Å². The van der Waals surface area contributed by atoms with Crippen LogP contribution < -0.4 is 4.90 Å². The number of rotatable bonds is 4. The molecule has 0 unspecified atom stereocenters. The number of H-pyrrole nitrogens is 1. The van der Waals surface area contributed by atoms with E-state index in [1.54, 1.807) is 12.3 Å². The topological polar surface area (TPSA) is 115 Å². The molecule has 4 rings (SSSR count). The van der Waals surface area contributed by atoms with Gasteiger partial charge in [0, 0.05) is 13.1 Å². The van der Waals surface area contributed by atoms with E-state index in [-0.39, 0.29) is 19.4 Å². The van der Waals surface area contributed by atoms with Crippen molar-refractivity contribution in [2.24, 2.45) is 5.41 Å². The fourth-order valence-electron chi connectivity index (χ4n) is 3.74. The molecule has 3 N–H and O–H groups in total. The molecule has 1 saturated heterocycles. The van der Waals surface area contributed by atoms with Gasteiger partial charge in [-0.2, -0.15) is 5.10 Å². The van der Waals surface area contributed by atoms with E-state index in [4.69, 9.17) is 0 Å². The number of halogens is 1. The zero-order valence-electron chi connectivity index (χ0n) is 14.3. The Hall–Kier alpha value is -3.07. The number of aliphatic carboxylic acids is 1. The van der Waals surface area contributed by atoms with E-state index in [0.29, 0.717) is 29.0 Å². The summed E-state index contributed by atoms with van der Waals surface area (Å²) in [5.41, 5.74) is -0.404. The van der Waals surface area contributed by atoms with Crippen molar-refractivity contribution in [2.75, 3.05) is 18.0 Å². The summed E-state index contributed by atoms with van der Waals surface area (Å²) in [6.07, 6.45) is 2.18. The molecule has 140 valence electrons. The van der Waals surface area contributed by atoms with Gasteiger partial charge >= 0.3 is 5.97 Å². The number of fused-ring (bicyclic) bond motifs is 1. The third kappa shape index (κ3) is 2.99. The van der Waals surface area contributed by atoms with Crippen molar-refractivity contribution in [3.05, 3.63) is 48.2 Å². The number of hydrogen-bond acceptors (Lipinski definition) is 6. The van der Waals surface area contributed by atoms with E-state index in [2.05, 4.69) is 20.2 Å². The minimum absolute atomic E-state index is 0.0113. The van der Waals surface area contributed by atoms with Crippen LogP contribution >= 0.6 is 0 Å². The van der Waals surface area contributed by atoms with Crippen LogP contribution in [0, 0.1) is 11.2 Å². The number of hydrogen-bond donors (Lipinski definition) is 3. The Kier molecular flexibility index (Phi) is 4.23. The van der Waals surface area contributed by atoms with Gasteiger partial charge in [-0.1, -0.05) is 12.1 Å². The summed E-state index contributed by atoms with van der Waals surface area (Å²) < 4.78 is 13.6. The van der Waals surface area contributed by atoms with Crippen LogP contribution in [0.25, 0.3) is 11.0 Å². The zero-order chi connectivity index (χ0) is 19.0. The highest BCUT2D eigenvalue weighted by molar-refractivity contribution is 5.87. The zero-order valence-corrected chi connectivity index (χ0v) is 14.3. The molecule has 0 aliphatic carbocycles. The highest BCUT2D eigenvalue weighted by atomic mass is 19.1. The number of carboxylic acid groups (broad SMARTS) is 1. The van der Waals surface area contributed by atoms with Crippen LogP contribution in [-0.4, -0.2) is 55.5 Å². The Morgan fingerprint density at radius 2 is 2.26 bits per heavy atom. The molecule has 0 saturated carbocycles. The minimum atomic E-state index is -1.48. The molecule has 1 fully saturated rings. The number of piperidine rings is 1. The number of aromatic amines is 1. The Bertz CT molecular complexity index is 994. The molecule has 1 aliphatic rings. The molecule has 1 aromatic carbocycles. The van der Waals surface area contributed by atoms with Gasteiger partial charge in [0.1, 0.15) is 23.4 Å². The number of anilines is 1. The second-order valence-corrected chi connectivity index (χ2v) is 6.82. The normalized spacial score (nSPS) is 22.9. The molecule has 8 nitrogen and oxygen atoms in total. The maximum Gasteiger partial charge on any atom is 0.314 e. The molecule has 0 radical (unpaired) electrons. The molecular formula is C18H18FN5O3. The quantitative estimate of drug-likeness (QED) is 0.634. The maximum atomic E-state index is 13.6. The summed E-state index contributed by atoms with van der Waals surface area (Å²) in [4.78, 5) is 22.4. The molecule has 0 spiro atoms. The summed E-state index contributed by atoms with van der Waals surface area (Å²) in [6, 6.07) is 5.80. The average Bonchev–Trinajstić information content (AvgIpc) is 3.12. The van der Waals surface area contributed by atoms with Gasteiger partial charge < -0.3 is 15.1 Å². The maximum absolute atomic E-state index is 13.6. The van der Waals surface area contributed by atoms with Gasteiger partial charge in [-0.3, -0.25) is 9.89 Å². The second kappa shape index (κ2) is 6.58. The first-order chi connectivity index (χ1) is 13.0. The Balaban J connectivity index is 1.72. The van der Waals surface area contributed by atoms with Crippen molar-refractivity contribution >= 4 is 22.8 Å². The van der Waals surface area contributed by atoms with Crippen molar-refractivity contribution in [1.82, 2.24) is 20.2 Å². The van der Waals surface area contributed by atoms with Gasteiger partial charge in [0.15, 0.2) is 5.65 Å². The first-order valence-corrected chi connectivity index (χ1v) is 8.54. The Labute approximate surface area is 153 Å². The van der Waals surface area contributed by atoms with E-state index in [1.165, 1.54) is 24.5 Å². The molecule has 9 heteroatoms. The second-order valence-electron chi connectivity index (χ2n) is 6.82. The van der Waals surface area contributed by atoms with Gasteiger partial charge in [-0.15, -0.1) is 0 Å². The number of carboxylic acids is 1. The largest absolute Gasteiger partial charge is 0.481 e. The smallest absolute Gasteiger partial charge is 0.314 e. The average molecular weight is 371 g/mol. The van der Waals surface area contributed by atoms with E-state index < -0.39 is 23.3 Å². The SMILES string of the molecule is O=C(O)[C@]1(Cc2cccc(F)c2)CN(c2ncnc3[nH]ncc23)CC[C@H]1O. The minimum Gasteiger partial charge on any atom is -0.481 e. The highest BCUT2D eigenvalue weighted by Gasteiger charge is 2.49. The molecule has 27 heavy (non-hydrogen) atoms. The van der Waals surface area contributed by atoms with E-state index in [0.717, 1.165) is 0 Å². The Morgan fingerprint density at radius 3 is 3.04 bits per heavy atom. The summed E-state index contributed by atoms with van der Waals surface area (Å²) in [5, 5.41) is 28.0. The molecule has 3 heterocycles. The van der Waals surface area contributed by atoms with E-state index in [1.807, 2.05) is 4.90 Å². The number of nitrogens with one attached hydrogen (secondary N) is 1. The summed E-state index contributed by atoms with van der Waals surface area (Å²) >= 11 is 0. The van der Waals surface area contributed by atoms with Crippen LogP contribution in [0.15, 0.2) is 36.8 Å². The van der Waals surface area contributed by atoms with E-state index >= 15 is 0 Å². The van der Waals surface area contributed by atoms with Crippen molar-refractivity contribution in [1.29, 1.82) is 0 Å². The lowest BCUT2D eigenvalue weighted by molar-refractivity contribution is -0.157. The van der Waals surface area contributed by atoms with Crippen LogP contribution in [0.5, 0.6) is 0 Å². The first-order valence-electron chi connectivity index (χ1n) is 8.54. The van der Waals surface area contributed by atoms with Crippen LogP contribution in [-0.2, 0) is 11.2 Å². The number of nitrogens with zero attached hydrogens (tertiary/aromatic N) is 4. The number of carbonyl (C=O) groups is 1.